The Kier molecular flexibility index (Phi) is 6.30. The van der Waals surface area contributed by atoms with E-state index in [1.165, 1.54) is 11.2 Å². The maximum absolute atomic E-state index is 13.0. The zero-order chi connectivity index (χ0) is 22.8. The molecule has 1 unspecified atom stereocenters. The number of aromatic nitrogens is 2. The first-order valence-electron chi connectivity index (χ1n) is 11.7. The molecule has 4 heterocycles. The number of rotatable bonds is 6. The summed E-state index contributed by atoms with van der Waals surface area (Å²) in [6, 6.07) is 8.08. The molecule has 2 aliphatic heterocycles. The van der Waals surface area contributed by atoms with Crippen LogP contribution in [-0.4, -0.2) is 65.8 Å². The summed E-state index contributed by atoms with van der Waals surface area (Å²) in [6.07, 6.45) is 6.67. The number of carbonyl (C=O) groups is 1. The molecule has 10 heteroatoms. The molecule has 33 heavy (non-hydrogen) atoms. The summed E-state index contributed by atoms with van der Waals surface area (Å²) in [6.45, 7) is 3.33. The first kappa shape index (κ1) is 21.9. The summed E-state index contributed by atoms with van der Waals surface area (Å²) in [5.74, 6) is 1.29. The number of nitrogens with two attached hydrogens (primary N) is 1. The van der Waals surface area contributed by atoms with Gasteiger partial charge in [0.25, 0.3) is 0 Å². The van der Waals surface area contributed by atoms with Crippen molar-refractivity contribution < 1.29 is 9.53 Å². The minimum atomic E-state index is -0.617. The van der Waals surface area contributed by atoms with E-state index in [1.54, 1.807) is 18.0 Å². The number of amides is 2. The number of nitrogens with zero attached hydrogens (tertiary/aromatic N) is 4. The summed E-state index contributed by atoms with van der Waals surface area (Å²) in [5, 5.41) is 14.6. The minimum Gasteiger partial charge on any atom is -0.481 e. The van der Waals surface area contributed by atoms with Crippen LogP contribution in [0.2, 0.25) is 0 Å². The summed E-state index contributed by atoms with van der Waals surface area (Å²) in [7, 11) is 1.58. The Bertz CT molecular complexity index is 1010. The Balaban J connectivity index is 1.18. The van der Waals surface area contributed by atoms with Gasteiger partial charge in [0.05, 0.1) is 18.5 Å². The van der Waals surface area contributed by atoms with E-state index < -0.39 is 6.17 Å². The van der Waals surface area contributed by atoms with Crippen LogP contribution in [0.5, 0.6) is 5.88 Å². The minimum absolute atomic E-state index is 0.162. The van der Waals surface area contributed by atoms with Gasteiger partial charge in [0.2, 0.25) is 5.88 Å². The first-order chi connectivity index (χ1) is 16.1. The van der Waals surface area contributed by atoms with Crippen molar-refractivity contribution in [2.75, 3.05) is 26.7 Å². The van der Waals surface area contributed by atoms with Crippen LogP contribution in [-0.2, 0) is 0 Å². The predicted octanol–water partition coefficient (Wildman–Crippen LogP) is 1.45. The molecule has 0 spiro atoms. The second-order valence-electron chi connectivity index (χ2n) is 9.06. The summed E-state index contributed by atoms with van der Waals surface area (Å²) in [4.78, 5) is 18.6. The maximum atomic E-state index is 13.0. The molecule has 2 aromatic rings. The quantitative estimate of drug-likeness (QED) is 0.526. The number of ether oxygens (including phenoxy) is 1. The number of hydrogen-bond acceptors (Lipinski definition) is 7. The molecule has 0 aromatic carbocycles. The Hall–Kier alpha value is -2.95. The van der Waals surface area contributed by atoms with Gasteiger partial charge in [-0.2, -0.15) is 5.10 Å². The van der Waals surface area contributed by atoms with Crippen LogP contribution in [0.4, 0.5) is 4.79 Å². The standard InChI is InChI=1S/C23H32N8O2/c1-33-21-10-16(8-9-26-21)19-6-7-20-22(24)30(14-28-31(19)20)23(32)29-18-4-2-17(3-5-18)27-13-15-11-25-12-15/h6-10,14-15,17-18,22,25,27H,2-5,11-13,24H2,1H3,(H,29,32). The Morgan fingerprint density at radius 2 is 2.00 bits per heavy atom. The number of nitrogens with one attached hydrogen (secondary N) is 3. The molecular weight excluding hydrogens is 420 g/mol. The number of pyridine rings is 1. The second-order valence-corrected chi connectivity index (χ2v) is 9.06. The van der Waals surface area contributed by atoms with E-state index in [9.17, 15) is 4.79 Å². The Labute approximate surface area is 193 Å². The predicted molar refractivity (Wildman–Crippen MR) is 126 cm³/mol. The zero-order valence-corrected chi connectivity index (χ0v) is 18.9. The topological polar surface area (TPSA) is 122 Å². The largest absolute Gasteiger partial charge is 0.481 e. The van der Waals surface area contributed by atoms with Gasteiger partial charge in [-0.3, -0.25) is 4.90 Å². The number of methoxy groups -OCH3 is 1. The fourth-order valence-corrected chi connectivity index (χ4v) is 4.71. The van der Waals surface area contributed by atoms with E-state index in [4.69, 9.17) is 10.5 Å². The normalized spacial score (nSPS) is 24.8. The van der Waals surface area contributed by atoms with Gasteiger partial charge in [-0.1, -0.05) is 0 Å². The van der Waals surface area contributed by atoms with Crippen LogP contribution in [0.3, 0.4) is 0 Å². The van der Waals surface area contributed by atoms with Crippen LogP contribution in [0.15, 0.2) is 35.6 Å². The van der Waals surface area contributed by atoms with Crippen LogP contribution in [0, 0.1) is 5.92 Å². The molecular formula is C23H32N8O2. The number of carbonyl (C=O) groups excluding carboxylic acids is 1. The molecule has 1 saturated heterocycles. The third kappa shape index (κ3) is 4.59. The summed E-state index contributed by atoms with van der Waals surface area (Å²) >= 11 is 0. The van der Waals surface area contributed by atoms with Crippen molar-refractivity contribution >= 4 is 12.4 Å². The summed E-state index contributed by atoms with van der Waals surface area (Å²) in [5.41, 5.74) is 8.97. The van der Waals surface area contributed by atoms with Crippen molar-refractivity contribution in [2.45, 2.75) is 43.9 Å². The number of urea groups is 1. The molecule has 1 saturated carbocycles. The Morgan fingerprint density at radius 3 is 2.73 bits per heavy atom. The van der Waals surface area contributed by atoms with E-state index in [-0.39, 0.29) is 12.1 Å². The lowest BCUT2D eigenvalue weighted by Crippen LogP contribution is -2.52. The highest BCUT2D eigenvalue weighted by Gasteiger charge is 2.31. The van der Waals surface area contributed by atoms with Gasteiger partial charge in [-0.05, 0) is 49.8 Å². The number of fused-ring (bicyclic) bond motifs is 1. The van der Waals surface area contributed by atoms with Crippen molar-refractivity contribution in [1.82, 2.24) is 30.5 Å². The highest BCUT2D eigenvalue weighted by molar-refractivity contribution is 5.87. The van der Waals surface area contributed by atoms with Gasteiger partial charge in [0.1, 0.15) is 12.5 Å². The SMILES string of the molecule is COc1cc(-c2ccc3n2N=CN(C(=O)NC2CCC(NCC4CNC4)CC2)C3N)ccn1. The van der Waals surface area contributed by atoms with Crippen LogP contribution >= 0.6 is 0 Å². The lowest BCUT2D eigenvalue weighted by Gasteiger charge is -2.35. The average molecular weight is 453 g/mol. The third-order valence-corrected chi connectivity index (χ3v) is 6.87. The van der Waals surface area contributed by atoms with Crippen molar-refractivity contribution in [2.24, 2.45) is 16.8 Å². The molecule has 1 aliphatic carbocycles. The molecule has 2 fully saturated rings. The van der Waals surface area contributed by atoms with Gasteiger partial charge >= 0.3 is 6.03 Å². The van der Waals surface area contributed by atoms with Gasteiger partial charge in [-0.25, -0.2) is 14.5 Å². The van der Waals surface area contributed by atoms with Crippen molar-refractivity contribution in [3.63, 3.8) is 0 Å². The van der Waals surface area contributed by atoms with E-state index in [0.717, 1.165) is 68.2 Å². The van der Waals surface area contributed by atoms with Crippen LogP contribution in [0.25, 0.3) is 11.3 Å². The number of hydrogen-bond donors (Lipinski definition) is 4. The molecule has 5 rings (SSSR count). The van der Waals surface area contributed by atoms with Gasteiger partial charge in [-0.15, -0.1) is 0 Å². The lowest BCUT2D eigenvalue weighted by molar-refractivity contribution is 0.196. The molecule has 0 radical (unpaired) electrons. The molecule has 2 amide bonds. The average Bonchev–Trinajstić information content (AvgIpc) is 3.24. The summed E-state index contributed by atoms with van der Waals surface area (Å²) < 4.78 is 6.99. The first-order valence-corrected chi connectivity index (χ1v) is 11.7. The molecule has 2 aromatic heterocycles. The molecule has 1 atom stereocenters. The van der Waals surface area contributed by atoms with Crippen LogP contribution < -0.4 is 26.4 Å². The van der Waals surface area contributed by atoms with E-state index in [2.05, 4.69) is 26.0 Å². The van der Waals surface area contributed by atoms with Gasteiger partial charge < -0.3 is 26.4 Å². The second kappa shape index (κ2) is 9.50. The zero-order valence-electron chi connectivity index (χ0n) is 18.9. The third-order valence-electron chi connectivity index (χ3n) is 6.87. The lowest BCUT2D eigenvalue weighted by atomic mass is 9.90. The van der Waals surface area contributed by atoms with E-state index in [0.29, 0.717) is 11.9 Å². The maximum Gasteiger partial charge on any atom is 0.324 e. The molecule has 0 bridgehead atoms. The molecule has 3 aliphatic rings. The van der Waals surface area contributed by atoms with E-state index in [1.807, 2.05) is 24.3 Å². The van der Waals surface area contributed by atoms with Gasteiger partial charge in [0, 0.05) is 49.5 Å². The molecule has 176 valence electrons. The molecule has 5 N–H and O–H groups in total. The monoisotopic (exact) mass is 452 g/mol. The molecule has 10 nitrogen and oxygen atoms in total. The fraction of sp³-hybridized carbons (Fsp3) is 0.522. The van der Waals surface area contributed by atoms with Crippen LogP contribution in [0.1, 0.15) is 37.5 Å². The smallest absolute Gasteiger partial charge is 0.324 e. The highest BCUT2D eigenvalue weighted by atomic mass is 16.5. The van der Waals surface area contributed by atoms with E-state index >= 15 is 0 Å². The van der Waals surface area contributed by atoms with Gasteiger partial charge in [0.15, 0.2) is 0 Å². The Morgan fingerprint density at radius 1 is 1.21 bits per heavy atom. The van der Waals surface area contributed by atoms with Crippen molar-refractivity contribution in [3.05, 3.63) is 36.2 Å². The fourth-order valence-electron chi connectivity index (χ4n) is 4.71. The highest BCUT2D eigenvalue weighted by Crippen LogP contribution is 2.30. The van der Waals surface area contributed by atoms with Crippen molar-refractivity contribution in [1.29, 1.82) is 0 Å². The van der Waals surface area contributed by atoms with Crippen molar-refractivity contribution in [3.8, 4) is 17.1 Å².